The van der Waals surface area contributed by atoms with Gasteiger partial charge in [0.2, 0.25) is 0 Å². The molecule has 0 unspecified atom stereocenters. The van der Waals surface area contributed by atoms with E-state index in [2.05, 4.69) is 20.2 Å². The molecule has 0 amide bonds. The van der Waals surface area contributed by atoms with E-state index in [1.54, 1.807) is 22.8 Å². The Morgan fingerprint density at radius 3 is 2.81 bits per heavy atom. The quantitative estimate of drug-likeness (QED) is 0.779. The minimum absolute atomic E-state index is 0.538. The van der Waals surface area contributed by atoms with Crippen molar-refractivity contribution in [3.63, 3.8) is 0 Å². The van der Waals surface area contributed by atoms with Crippen molar-refractivity contribution in [3.05, 3.63) is 47.8 Å². The summed E-state index contributed by atoms with van der Waals surface area (Å²) in [5.41, 5.74) is 9.60. The van der Waals surface area contributed by atoms with Crippen molar-refractivity contribution in [2.24, 2.45) is 0 Å². The van der Waals surface area contributed by atoms with Crippen LogP contribution in [0.1, 0.15) is 11.3 Å². The molecule has 0 saturated carbocycles. The highest BCUT2D eigenvalue weighted by Crippen LogP contribution is 2.32. The maximum absolute atomic E-state index is 6.01. The minimum Gasteiger partial charge on any atom is -0.383 e. The molecule has 3 aromatic rings. The number of nitrogens with two attached hydrogens (primary N) is 1. The number of rotatable bonds is 2. The van der Waals surface area contributed by atoms with E-state index in [0.29, 0.717) is 17.3 Å². The first-order valence-corrected chi connectivity index (χ1v) is 7.68. The van der Waals surface area contributed by atoms with Crippen LogP contribution < -0.4 is 5.73 Å². The Balaban J connectivity index is 1.75. The summed E-state index contributed by atoms with van der Waals surface area (Å²) in [6, 6.07) is 9.73. The third-order valence-corrected chi connectivity index (χ3v) is 4.29. The fourth-order valence-corrected chi connectivity index (χ4v) is 3.29. The van der Waals surface area contributed by atoms with Gasteiger partial charge in [-0.15, -0.1) is 5.10 Å². The zero-order chi connectivity index (χ0) is 14.2. The van der Waals surface area contributed by atoms with Crippen molar-refractivity contribution >= 4 is 17.6 Å². The average Bonchev–Trinajstić information content (AvgIpc) is 3.17. The van der Waals surface area contributed by atoms with E-state index in [1.807, 2.05) is 30.3 Å². The first kappa shape index (κ1) is 12.3. The van der Waals surface area contributed by atoms with Crippen LogP contribution in [-0.2, 0) is 11.5 Å². The van der Waals surface area contributed by atoms with Crippen LogP contribution >= 0.6 is 11.8 Å². The summed E-state index contributed by atoms with van der Waals surface area (Å²) in [7, 11) is 0. The van der Waals surface area contributed by atoms with Gasteiger partial charge in [-0.2, -0.15) is 21.7 Å². The normalized spacial score (nSPS) is 13.3. The number of thioether (sulfide) groups is 1. The van der Waals surface area contributed by atoms with E-state index in [-0.39, 0.29) is 0 Å². The molecule has 1 aliphatic heterocycles. The smallest absolute Gasteiger partial charge is 0.184 e. The second-order valence-electron chi connectivity index (χ2n) is 4.71. The number of aromatic nitrogens is 5. The highest BCUT2D eigenvalue weighted by Gasteiger charge is 2.19. The van der Waals surface area contributed by atoms with Crippen molar-refractivity contribution < 1.29 is 0 Å². The molecule has 0 radical (unpaired) electrons. The van der Waals surface area contributed by atoms with E-state index in [1.165, 1.54) is 0 Å². The van der Waals surface area contributed by atoms with Crippen LogP contribution in [0.3, 0.4) is 0 Å². The summed E-state index contributed by atoms with van der Waals surface area (Å²) in [6.07, 6.45) is 1.66. The molecule has 0 bridgehead atoms. The van der Waals surface area contributed by atoms with Crippen molar-refractivity contribution in [1.29, 1.82) is 0 Å². The largest absolute Gasteiger partial charge is 0.383 e. The van der Waals surface area contributed by atoms with Crippen LogP contribution in [-0.4, -0.2) is 25.0 Å². The van der Waals surface area contributed by atoms with Crippen LogP contribution in [0.2, 0.25) is 0 Å². The molecule has 0 atom stereocenters. The van der Waals surface area contributed by atoms with E-state index >= 15 is 0 Å². The summed E-state index contributed by atoms with van der Waals surface area (Å²) < 4.78 is 0. The highest BCUT2D eigenvalue weighted by atomic mass is 32.2. The molecule has 104 valence electrons. The van der Waals surface area contributed by atoms with Crippen molar-refractivity contribution in [3.8, 4) is 17.2 Å². The molecule has 0 aliphatic carbocycles. The van der Waals surface area contributed by atoms with Crippen molar-refractivity contribution in [1.82, 2.24) is 25.0 Å². The van der Waals surface area contributed by atoms with E-state index in [0.717, 1.165) is 28.5 Å². The van der Waals surface area contributed by atoms with Crippen LogP contribution in [0.5, 0.6) is 0 Å². The van der Waals surface area contributed by atoms with Crippen molar-refractivity contribution in [2.45, 2.75) is 11.5 Å². The summed E-state index contributed by atoms with van der Waals surface area (Å²) in [5.74, 6) is 2.85. The maximum atomic E-state index is 6.01. The van der Waals surface area contributed by atoms with Gasteiger partial charge in [0.05, 0.1) is 17.6 Å². The van der Waals surface area contributed by atoms with Gasteiger partial charge in [0.15, 0.2) is 11.5 Å². The lowest BCUT2D eigenvalue weighted by Crippen LogP contribution is -2.03. The molecule has 6 nitrogen and oxygen atoms in total. The van der Waals surface area contributed by atoms with Gasteiger partial charge in [0, 0.05) is 17.1 Å². The zero-order valence-corrected chi connectivity index (χ0v) is 11.9. The first-order chi connectivity index (χ1) is 10.3. The van der Waals surface area contributed by atoms with Gasteiger partial charge in [-0.25, -0.2) is 9.97 Å². The molecule has 2 aromatic heterocycles. The lowest BCUT2D eigenvalue weighted by Gasteiger charge is -2.03. The maximum Gasteiger partial charge on any atom is 0.184 e. The van der Waals surface area contributed by atoms with Gasteiger partial charge >= 0.3 is 0 Å². The number of nitrogen functional groups attached to an aromatic ring is 1. The number of benzene rings is 1. The summed E-state index contributed by atoms with van der Waals surface area (Å²) in [5, 5.41) is 8.70. The Morgan fingerprint density at radius 1 is 1.10 bits per heavy atom. The summed E-state index contributed by atoms with van der Waals surface area (Å²) in [6.45, 7) is 0. The van der Waals surface area contributed by atoms with Crippen LogP contribution in [0.25, 0.3) is 17.2 Å². The Kier molecular flexibility index (Phi) is 2.85. The predicted octanol–water partition coefficient (Wildman–Crippen LogP) is 2.05. The molecule has 1 aromatic carbocycles. The molecule has 0 spiro atoms. The second kappa shape index (κ2) is 4.85. The second-order valence-corrected chi connectivity index (χ2v) is 5.69. The molecule has 2 N–H and O–H groups in total. The monoisotopic (exact) mass is 296 g/mol. The first-order valence-electron chi connectivity index (χ1n) is 6.52. The van der Waals surface area contributed by atoms with Crippen LogP contribution in [0.15, 0.2) is 36.5 Å². The fraction of sp³-hybridized carbons (Fsp3) is 0.143. The van der Waals surface area contributed by atoms with Gasteiger partial charge in [0.1, 0.15) is 5.82 Å². The third kappa shape index (κ3) is 2.15. The van der Waals surface area contributed by atoms with Crippen LogP contribution in [0.4, 0.5) is 5.82 Å². The Labute approximate surface area is 125 Å². The summed E-state index contributed by atoms with van der Waals surface area (Å²) in [4.78, 5) is 10.5. The van der Waals surface area contributed by atoms with Crippen molar-refractivity contribution in [2.75, 3.05) is 5.73 Å². The Hall–Kier alpha value is -2.41. The number of fused-ring (bicyclic) bond motifs is 1. The van der Waals surface area contributed by atoms with E-state index in [4.69, 9.17) is 5.73 Å². The molecule has 0 saturated heterocycles. The number of para-hydroxylation sites is 1. The standard InChI is InChI=1S/C14H12N6S/c15-13-10-7-21-8-12(10)17-14(18-13)11-6-16-20(19-11)9-4-2-1-3-5-9/h1-6H,7-8H2,(H2,15,17,18). The molecule has 1 aliphatic rings. The number of nitrogens with zero attached hydrogens (tertiary/aromatic N) is 5. The van der Waals surface area contributed by atoms with Gasteiger partial charge in [-0.3, -0.25) is 0 Å². The predicted molar refractivity (Wildman–Crippen MR) is 81.8 cm³/mol. The van der Waals surface area contributed by atoms with Crippen LogP contribution in [0, 0.1) is 0 Å². The lowest BCUT2D eigenvalue weighted by molar-refractivity contribution is 0.752. The van der Waals surface area contributed by atoms with Gasteiger partial charge in [-0.1, -0.05) is 18.2 Å². The Morgan fingerprint density at radius 2 is 1.95 bits per heavy atom. The van der Waals surface area contributed by atoms with E-state index < -0.39 is 0 Å². The molecule has 21 heavy (non-hydrogen) atoms. The molecule has 4 rings (SSSR count). The average molecular weight is 296 g/mol. The number of hydrogen-bond acceptors (Lipinski definition) is 6. The third-order valence-electron chi connectivity index (χ3n) is 3.32. The SMILES string of the molecule is Nc1nc(-c2cnn(-c3ccccc3)n2)nc2c1CSC2. The van der Waals surface area contributed by atoms with Gasteiger partial charge in [-0.05, 0) is 12.1 Å². The number of anilines is 1. The zero-order valence-electron chi connectivity index (χ0n) is 11.1. The lowest BCUT2D eigenvalue weighted by atomic mass is 10.2. The molecular formula is C14H12N6S. The molecule has 0 fully saturated rings. The minimum atomic E-state index is 0.538. The Bertz CT molecular complexity index is 798. The van der Waals surface area contributed by atoms with Gasteiger partial charge in [0.25, 0.3) is 0 Å². The topological polar surface area (TPSA) is 82.5 Å². The molecular weight excluding hydrogens is 284 g/mol. The summed E-state index contributed by atoms with van der Waals surface area (Å²) >= 11 is 1.80. The highest BCUT2D eigenvalue weighted by molar-refractivity contribution is 7.98. The number of hydrogen-bond donors (Lipinski definition) is 1. The van der Waals surface area contributed by atoms with Gasteiger partial charge < -0.3 is 5.73 Å². The molecule has 7 heteroatoms. The fourth-order valence-electron chi connectivity index (χ4n) is 2.24. The van der Waals surface area contributed by atoms with E-state index in [9.17, 15) is 0 Å². The molecule has 3 heterocycles.